The number of halogens is 1. The van der Waals surface area contributed by atoms with Crippen molar-refractivity contribution in [1.82, 2.24) is 0 Å². The van der Waals surface area contributed by atoms with Crippen molar-refractivity contribution in [3.63, 3.8) is 0 Å². The minimum absolute atomic E-state index is 0. The minimum atomic E-state index is -0.694. The maximum Gasteiger partial charge on any atom is 0.303 e. The smallest absolute Gasteiger partial charge is 0.303 e. The SMILES string of the molecule is CCC1c2cc(N)ccc2CCC1CC(=O)O.Cl. The molecule has 4 heteroatoms. The van der Waals surface area contributed by atoms with Crippen LogP contribution in [0.2, 0.25) is 0 Å². The molecule has 3 nitrogen and oxygen atoms in total. The Morgan fingerprint density at radius 2 is 2.22 bits per heavy atom. The van der Waals surface area contributed by atoms with Crippen molar-refractivity contribution in [2.24, 2.45) is 5.92 Å². The molecule has 1 aliphatic carbocycles. The van der Waals surface area contributed by atoms with E-state index >= 15 is 0 Å². The highest BCUT2D eigenvalue weighted by molar-refractivity contribution is 5.85. The first kappa shape index (κ1) is 14.8. The third kappa shape index (κ3) is 2.96. The van der Waals surface area contributed by atoms with Crippen LogP contribution in [0.3, 0.4) is 0 Å². The number of aliphatic carboxylic acids is 1. The zero-order valence-electron chi connectivity index (χ0n) is 10.6. The molecule has 0 radical (unpaired) electrons. The van der Waals surface area contributed by atoms with Crippen LogP contribution in [0.5, 0.6) is 0 Å². The van der Waals surface area contributed by atoms with E-state index in [0.29, 0.717) is 5.92 Å². The number of nitrogens with two attached hydrogens (primary N) is 1. The van der Waals surface area contributed by atoms with Gasteiger partial charge in [-0.05, 0) is 54.4 Å². The van der Waals surface area contributed by atoms with Crippen molar-refractivity contribution >= 4 is 24.1 Å². The third-order valence-corrected chi connectivity index (χ3v) is 3.80. The van der Waals surface area contributed by atoms with E-state index in [1.807, 2.05) is 12.1 Å². The molecular formula is C14H20ClNO2. The summed E-state index contributed by atoms with van der Waals surface area (Å²) >= 11 is 0. The van der Waals surface area contributed by atoms with Gasteiger partial charge in [0, 0.05) is 12.1 Å². The van der Waals surface area contributed by atoms with Gasteiger partial charge in [0.15, 0.2) is 0 Å². The van der Waals surface area contributed by atoms with Gasteiger partial charge in [0.2, 0.25) is 0 Å². The Labute approximate surface area is 114 Å². The average molecular weight is 270 g/mol. The van der Waals surface area contributed by atoms with Gasteiger partial charge in [-0.1, -0.05) is 13.0 Å². The molecule has 18 heavy (non-hydrogen) atoms. The first-order chi connectivity index (χ1) is 8.11. The lowest BCUT2D eigenvalue weighted by atomic mass is 9.72. The Hall–Kier alpha value is -1.22. The molecule has 0 amide bonds. The molecule has 2 unspecified atom stereocenters. The van der Waals surface area contributed by atoms with Crippen molar-refractivity contribution < 1.29 is 9.90 Å². The first-order valence-corrected chi connectivity index (χ1v) is 6.22. The molecule has 2 rings (SSSR count). The summed E-state index contributed by atoms with van der Waals surface area (Å²) in [4.78, 5) is 10.9. The van der Waals surface area contributed by atoms with E-state index in [-0.39, 0.29) is 24.7 Å². The second kappa shape index (κ2) is 6.10. The lowest BCUT2D eigenvalue weighted by molar-refractivity contribution is -0.138. The summed E-state index contributed by atoms with van der Waals surface area (Å²) in [5.74, 6) is -0.0917. The Balaban J connectivity index is 0.00000162. The molecule has 0 heterocycles. The van der Waals surface area contributed by atoms with Gasteiger partial charge in [-0.3, -0.25) is 4.79 Å². The van der Waals surface area contributed by atoms with Crippen LogP contribution in [0.4, 0.5) is 5.69 Å². The van der Waals surface area contributed by atoms with Crippen molar-refractivity contribution in [1.29, 1.82) is 0 Å². The maximum absolute atomic E-state index is 10.9. The van der Waals surface area contributed by atoms with E-state index in [1.165, 1.54) is 11.1 Å². The topological polar surface area (TPSA) is 63.3 Å². The number of carboxylic acids is 1. The zero-order valence-corrected chi connectivity index (χ0v) is 11.4. The van der Waals surface area contributed by atoms with Gasteiger partial charge >= 0.3 is 5.97 Å². The van der Waals surface area contributed by atoms with E-state index in [1.54, 1.807) is 0 Å². The van der Waals surface area contributed by atoms with Crippen LogP contribution >= 0.6 is 12.4 Å². The van der Waals surface area contributed by atoms with E-state index in [2.05, 4.69) is 13.0 Å². The lowest BCUT2D eigenvalue weighted by Crippen LogP contribution is -2.23. The van der Waals surface area contributed by atoms with Gasteiger partial charge in [-0.15, -0.1) is 12.4 Å². The van der Waals surface area contributed by atoms with Gasteiger partial charge in [0.25, 0.3) is 0 Å². The summed E-state index contributed by atoms with van der Waals surface area (Å²) in [7, 11) is 0. The summed E-state index contributed by atoms with van der Waals surface area (Å²) in [6.07, 6.45) is 3.20. The quantitative estimate of drug-likeness (QED) is 0.828. The fourth-order valence-corrected chi connectivity index (χ4v) is 3.00. The maximum atomic E-state index is 10.9. The van der Waals surface area contributed by atoms with Crippen LogP contribution in [0, 0.1) is 5.92 Å². The average Bonchev–Trinajstić information content (AvgIpc) is 2.28. The molecular weight excluding hydrogens is 250 g/mol. The molecule has 0 saturated carbocycles. The number of nitrogen functional groups attached to an aromatic ring is 1. The molecule has 1 aromatic carbocycles. The second-order valence-electron chi connectivity index (χ2n) is 4.87. The predicted molar refractivity (Wildman–Crippen MR) is 75.2 cm³/mol. The number of rotatable bonds is 3. The van der Waals surface area contributed by atoms with Crippen molar-refractivity contribution in [2.75, 3.05) is 5.73 Å². The Bertz CT molecular complexity index is 434. The molecule has 0 bridgehead atoms. The standard InChI is InChI=1S/C14H19NO2.ClH/c1-2-12-10(7-14(16)17)4-3-9-5-6-11(15)8-13(9)12;/h5-6,8,10,12H,2-4,7,15H2,1H3,(H,16,17);1H. The highest BCUT2D eigenvalue weighted by atomic mass is 35.5. The number of hydrogen-bond donors (Lipinski definition) is 2. The van der Waals surface area contributed by atoms with E-state index < -0.39 is 5.97 Å². The van der Waals surface area contributed by atoms with Gasteiger partial charge < -0.3 is 10.8 Å². The summed E-state index contributed by atoms with van der Waals surface area (Å²) in [6.45, 7) is 2.12. The molecule has 3 N–H and O–H groups in total. The molecule has 0 aliphatic heterocycles. The highest BCUT2D eigenvalue weighted by Gasteiger charge is 2.29. The molecule has 0 spiro atoms. The first-order valence-electron chi connectivity index (χ1n) is 6.22. The fourth-order valence-electron chi connectivity index (χ4n) is 3.00. The fraction of sp³-hybridized carbons (Fsp3) is 0.500. The molecule has 1 aliphatic rings. The summed E-state index contributed by atoms with van der Waals surface area (Å²) in [6, 6.07) is 6.05. The molecule has 0 aromatic heterocycles. The largest absolute Gasteiger partial charge is 0.481 e. The number of aryl methyl sites for hydroxylation is 1. The van der Waals surface area contributed by atoms with Crippen LogP contribution in [-0.4, -0.2) is 11.1 Å². The van der Waals surface area contributed by atoms with Gasteiger partial charge in [-0.25, -0.2) is 0 Å². The molecule has 1 aromatic rings. The number of fused-ring (bicyclic) bond motifs is 1. The minimum Gasteiger partial charge on any atom is -0.481 e. The molecule has 0 saturated heterocycles. The number of carbonyl (C=O) groups is 1. The summed E-state index contributed by atoms with van der Waals surface area (Å²) < 4.78 is 0. The van der Waals surface area contributed by atoms with Crippen LogP contribution in [-0.2, 0) is 11.2 Å². The van der Waals surface area contributed by atoms with Gasteiger partial charge in [-0.2, -0.15) is 0 Å². The monoisotopic (exact) mass is 269 g/mol. The van der Waals surface area contributed by atoms with Gasteiger partial charge in [0.05, 0.1) is 0 Å². The normalized spacial score (nSPS) is 21.8. The number of benzene rings is 1. The summed E-state index contributed by atoms with van der Waals surface area (Å²) in [5.41, 5.74) is 9.21. The van der Waals surface area contributed by atoms with E-state index in [4.69, 9.17) is 10.8 Å². The molecule has 100 valence electrons. The van der Waals surface area contributed by atoms with Crippen LogP contribution in [0.25, 0.3) is 0 Å². The van der Waals surface area contributed by atoms with E-state index in [9.17, 15) is 4.79 Å². The van der Waals surface area contributed by atoms with Crippen molar-refractivity contribution in [2.45, 2.75) is 38.5 Å². The zero-order chi connectivity index (χ0) is 12.4. The van der Waals surface area contributed by atoms with Crippen LogP contribution < -0.4 is 5.73 Å². The molecule has 0 fully saturated rings. The van der Waals surface area contributed by atoms with Crippen molar-refractivity contribution in [3.8, 4) is 0 Å². The van der Waals surface area contributed by atoms with E-state index in [0.717, 1.165) is 24.9 Å². The Kier molecular flexibility index (Phi) is 5.03. The van der Waals surface area contributed by atoms with Crippen molar-refractivity contribution in [3.05, 3.63) is 29.3 Å². The number of hydrogen-bond acceptors (Lipinski definition) is 2. The predicted octanol–water partition coefficient (Wildman–Crippen LogP) is 3.22. The van der Waals surface area contributed by atoms with Crippen LogP contribution in [0.1, 0.15) is 43.2 Å². The highest BCUT2D eigenvalue weighted by Crippen LogP contribution is 2.40. The second-order valence-corrected chi connectivity index (χ2v) is 4.87. The number of carboxylic acid groups (broad SMARTS) is 1. The van der Waals surface area contributed by atoms with Gasteiger partial charge in [0.1, 0.15) is 0 Å². The molecule has 2 atom stereocenters. The number of anilines is 1. The summed E-state index contributed by atoms with van der Waals surface area (Å²) in [5, 5.41) is 8.96. The Morgan fingerprint density at radius 3 is 2.83 bits per heavy atom. The lowest BCUT2D eigenvalue weighted by Gasteiger charge is -2.32. The third-order valence-electron chi connectivity index (χ3n) is 3.80. The van der Waals surface area contributed by atoms with Crippen LogP contribution in [0.15, 0.2) is 18.2 Å². The Morgan fingerprint density at radius 1 is 1.50 bits per heavy atom.